The molecule has 26 heavy (non-hydrogen) atoms. The van der Waals surface area contributed by atoms with Gasteiger partial charge in [0.25, 0.3) is 0 Å². The zero-order chi connectivity index (χ0) is 18.5. The van der Waals surface area contributed by atoms with Crippen LogP contribution in [0.4, 0.5) is 11.4 Å². The number of aryl methyl sites for hydroxylation is 1. The molecule has 0 spiro atoms. The van der Waals surface area contributed by atoms with Gasteiger partial charge in [-0.1, -0.05) is 48.0 Å². The lowest BCUT2D eigenvalue weighted by Crippen LogP contribution is -2.21. The predicted molar refractivity (Wildman–Crippen MR) is 103 cm³/mol. The second kappa shape index (κ2) is 7.58. The van der Waals surface area contributed by atoms with Crippen LogP contribution in [0.25, 0.3) is 0 Å². The largest absolute Gasteiger partial charge is 0.397 e. The van der Waals surface area contributed by atoms with Gasteiger partial charge in [-0.05, 0) is 30.7 Å². The first-order chi connectivity index (χ1) is 12.6. The van der Waals surface area contributed by atoms with Gasteiger partial charge in [-0.3, -0.25) is 4.79 Å². The number of nitriles is 1. The molecule has 1 amide bonds. The Morgan fingerprint density at radius 1 is 1.15 bits per heavy atom. The molecule has 2 aromatic carbocycles. The van der Waals surface area contributed by atoms with Gasteiger partial charge in [0.1, 0.15) is 18.3 Å². The zero-order valence-corrected chi connectivity index (χ0v) is 14.6. The van der Waals surface area contributed by atoms with Crippen LogP contribution in [0.3, 0.4) is 0 Å². The van der Waals surface area contributed by atoms with Crippen LogP contribution in [-0.4, -0.2) is 10.5 Å². The topological polar surface area (TPSA) is 83.8 Å². The first-order valence-corrected chi connectivity index (χ1v) is 8.35. The lowest BCUT2D eigenvalue weighted by atomic mass is 10.1. The highest BCUT2D eigenvalue weighted by molar-refractivity contribution is 5.90. The van der Waals surface area contributed by atoms with Crippen LogP contribution in [0.2, 0.25) is 0 Å². The maximum absolute atomic E-state index is 12.4. The van der Waals surface area contributed by atoms with Crippen molar-refractivity contribution in [3.05, 3.63) is 83.2 Å². The van der Waals surface area contributed by atoms with Crippen LogP contribution in [0.1, 0.15) is 22.5 Å². The Morgan fingerprint density at radius 2 is 1.85 bits per heavy atom. The van der Waals surface area contributed by atoms with Gasteiger partial charge in [0.15, 0.2) is 0 Å². The molecular weight excluding hydrogens is 324 g/mol. The molecule has 0 aliphatic heterocycles. The zero-order valence-electron chi connectivity index (χ0n) is 14.6. The van der Waals surface area contributed by atoms with E-state index in [4.69, 9.17) is 5.73 Å². The second-order valence-electron chi connectivity index (χ2n) is 6.21. The summed E-state index contributed by atoms with van der Waals surface area (Å²) in [5.74, 6) is -0.201. The Kier molecular flexibility index (Phi) is 5.04. The summed E-state index contributed by atoms with van der Waals surface area (Å²) in [6, 6.07) is 21.1. The standard InChI is InChI=1S/C21H20N4O/c1-15-7-9-16(10-8-15)11-20-19(23)12-18(13-22)25(20)14-21(26)24-17-5-3-2-4-6-17/h2-10,12H,11,14,23H2,1H3,(H,24,26). The average Bonchev–Trinajstić information content (AvgIpc) is 2.93. The number of nitrogen functional groups attached to an aromatic ring is 1. The summed E-state index contributed by atoms with van der Waals surface area (Å²) in [4.78, 5) is 12.4. The Bertz CT molecular complexity index is 950. The monoisotopic (exact) mass is 344 g/mol. The fourth-order valence-electron chi connectivity index (χ4n) is 2.85. The van der Waals surface area contributed by atoms with Crippen molar-refractivity contribution in [1.29, 1.82) is 5.26 Å². The van der Waals surface area contributed by atoms with Crippen LogP contribution >= 0.6 is 0 Å². The molecule has 0 unspecified atom stereocenters. The highest BCUT2D eigenvalue weighted by atomic mass is 16.1. The number of carbonyl (C=O) groups is 1. The van der Waals surface area contributed by atoms with E-state index in [-0.39, 0.29) is 12.5 Å². The Balaban J connectivity index is 1.84. The van der Waals surface area contributed by atoms with Gasteiger partial charge in [0, 0.05) is 17.8 Å². The van der Waals surface area contributed by atoms with E-state index in [9.17, 15) is 10.1 Å². The van der Waals surface area contributed by atoms with Gasteiger partial charge >= 0.3 is 0 Å². The highest BCUT2D eigenvalue weighted by Gasteiger charge is 2.16. The molecule has 5 heteroatoms. The lowest BCUT2D eigenvalue weighted by Gasteiger charge is -2.12. The summed E-state index contributed by atoms with van der Waals surface area (Å²) in [5, 5.41) is 12.2. The van der Waals surface area contributed by atoms with E-state index >= 15 is 0 Å². The van der Waals surface area contributed by atoms with Crippen molar-refractivity contribution in [3.63, 3.8) is 0 Å². The fraction of sp³-hybridized carbons (Fsp3) is 0.143. The van der Waals surface area contributed by atoms with E-state index in [2.05, 4.69) is 11.4 Å². The lowest BCUT2D eigenvalue weighted by molar-refractivity contribution is -0.116. The maximum Gasteiger partial charge on any atom is 0.244 e. The number of carbonyl (C=O) groups excluding carboxylic acids is 1. The van der Waals surface area contributed by atoms with Gasteiger partial charge < -0.3 is 15.6 Å². The highest BCUT2D eigenvalue weighted by Crippen LogP contribution is 2.22. The first-order valence-electron chi connectivity index (χ1n) is 8.35. The molecule has 130 valence electrons. The number of anilines is 2. The van der Waals surface area contributed by atoms with Gasteiger partial charge in [-0.15, -0.1) is 0 Å². The van der Waals surface area contributed by atoms with E-state index in [1.165, 1.54) is 5.56 Å². The molecule has 0 aliphatic rings. The third-order valence-electron chi connectivity index (χ3n) is 4.21. The molecule has 1 heterocycles. The maximum atomic E-state index is 12.4. The Morgan fingerprint density at radius 3 is 2.50 bits per heavy atom. The molecule has 0 radical (unpaired) electrons. The second-order valence-corrected chi connectivity index (χ2v) is 6.21. The number of hydrogen-bond donors (Lipinski definition) is 2. The normalized spacial score (nSPS) is 10.3. The third-order valence-corrected chi connectivity index (χ3v) is 4.21. The molecule has 0 atom stereocenters. The van der Waals surface area contributed by atoms with Crippen molar-refractivity contribution in [1.82, 2.24) is 4.57 Å². The van der Waals surface area contributed by atoms with Crippen LogP contribution in [-0.2, 0) is 17.8 Å². The van der Waals surface area contributed by atoms with Gasteiger partial charge in [0.2, 0.25) is 5.91 Å². The molecule has 0 saturated carbocycles. The fourth-order valence-corrected chi connectivity index (χ4v) is 2.85. The van der Waals surface area contributed by atoms with Gasteiger partial charge in [0.05, 0.1) is 5.69 Å². The summed E-state index contributed by atoms with van der Waals surface area (Å²) in [7, 11) is 0. The molecular formula is C21H20N4O. The van der Waals surface area contributed by atoms with Crippen molar-refractivity contribution < 1.29 is 4.79 Å². The van der Waals surface area contributed by atoms with Crippen LogP contribution in [0.5, 0.6) is 0 Å². The van der Waals surface area contributed by atoms with Crippen molar-refractivity contribution in [3.8, 4) is 6.07 Å². The number of aromatic nitrogens is 1. The number of amides is 1. The summed E-state index contributed by atoms with van der Waals surface area (Å²) in [5.41, 5.74) is 10.8. The molecule has 5 nitrogen and oxygen atoms in total. The summed E-state index contributed by atoms with van der Waals surface area (Å²) in [6.07, 6.45) is 0.562. The number of para-hydroxylation sites is 1. The number of benzene rings is 2. The van der Waals surface area contributed by atoms with Crippen LogP contribution in [0, 0.1) is 18.3 Å². The number of nitrogens with two attached hydrogens (primary N) is 1. The predicted octanol–water partition coefficient (Wildman–Crippen LogP) is 3.48. The van der Waals surface area contributed by atoms with Crippen LogP contribution in [0.15, 0.2) is 60.7 Å². The molecule has 1 aromatic heterocycles. The van der Waals surface area contributed by atoms with E-state index in [0.29, 0.717) is 17.8 Å². The molecule has 0 aliphatic carbocycles. The van der Waals surface area contributed by atoms with E-state index in [0.717, 1.165) is 16.9 Å². The SMILES string of the molecule is Cc1ccc(Cc2c(N)cc(C#N)n2CC(=O)Nc2ccccc2)cc1. The number of nitrogens with one attached hydrogen (secondary N) is 1. The van der Waals surface area contributed by atoms with Crippen LogP contribution < -0.4 is 11.1 Å². The minimum atomic E-state index is -0.201. The summed E-state index contributed by atoms with van der Waals surface area (Å²) in [6.45, 7) is 2.07. The Hall–Kier alpha value is -3.52. The molecule has 0 saturated heterocycles. The van der Waals surface area contributed by atoms with Crippen molar-refractivity contribution in [2.75, 3.05) is 11.1 Å². The van der Waals surface area contributed by atoms with Crippen molar-refractivity contribution in [2.45, 2.75) is 19.9 Å². The molecule has 3 rings (SSSR count). The third kappa shape index (κ3) is 3.93. The first kappa shape index (κ1) is 17.3. The smallest absolute Gasteiger partial charge is 0.244 e. The van der Waals surface area contributed by atoms with Gasteiger partial charge in [-0.25, -0.2) is 0 Å². The summed E-state index contributed by atoms with van der Waals surface area (Å²) >= 11 is 0. The quantitative estimate of drug-likeness (QED) is 0.743. The van der Waals surface area contributed by atoms with Gasteiger partial charge in [-0.2, -0.15) is 5.26 Å². The Labute approximate surface area is 152 Å². The number of nitrogens with zero attached hydrogens (tertiary/aromatic N) is 2. The minimum absolute atomic E-state index is 0.0379. The average molecular weight is 344 g/mol. The van der Waals surface area contributed by atoms with E-state index in [1.54, 1.807) is 10.6 Å². The minimum Gasteiger partial charge on any atom is -0.397 e. The molecule has 3 N–H and O–H groups in total. The number of hydrogen-bond acceptors (Lipinski definition) is 3. The van der Waals surface area contributed by atoms with E-state index < -0.39 is 0 Å². The summed E-state index contributed by atoms with van der Waals surface area (Å²) < 4.78 is 1.69. The molecule has 0 bridgehead atoms. The van der Waals surface area contributed by atoms with Crippen molar-refractivity contribution in [2.24, 2.45) is 0 Å². The van der Waals surface area contributed by atoms with Crippen molar-refractivity contribution >= 4 is 17.3 Å². The molecule has 0 fully saturated rings. The van der Waals surface area contributed by atoms with E-state index in [1.807, 2.05) is 61.5 Å². The number of rotatable bonds is 5. The molecule has 3 aromatic rings.